The molecule has 1 aliphatic rings. The molecule has 0 atom stereocenters. The molecule has 1 N–H and O–H groups in total. The van der Waals surface area contributed by atoms with Crippen LogP contribution in [-0.4, -0.2) is 34.6 Å². The van der Waals surface area contributed by atoms with E-state index in [0.717, 1.165) is 23.1 Å². The zero-order valence-corrected chi connectivity index (χ0v) is 20.7. The van der Waals surface area contributed by atoms with Crippen molar-refractivity contribution in [1.29, 1.82) is 0 Å². The molecule has 1 fully saturated rings. The number of halogens is 3. The molecule has 0 aliphatic carbocycles. The van der Waals surface area contributed by atoms with Gasteiger partial charge in [0.05, 0.1) is 29.6 Å². The number of aromatic nitrogens is 1. The van der Waals surface area contributed by atoms with Crippen LogP contribution in [0.25, 0.3) is 11.8 Å². The molecule has 0 saturated carbocycles. The fraction of sp³-hybridized carbons (Fsp3) is 0.154. The van der Waals surface area contributed by atoms with Gasteiger partial charge in [0.2, 0.25) is 0 Å². The molecule has 0 unspecified atom stereocenters. The standard InChI is InChI=1S/C26H20F3N3O4S/c1-14-11-16(15(2)31(14)21-10-5-4-9-19(21)24(35)36-3)12-20-22(33)30-25(37)32(23(20)34)18-8-6-7-17(13-18)26(27,28)29/h4-13H,1-3H3,(H,30,33,37)/b20-12+. The van der Waals surface area contributed by atoms with Crippen LogP contribution in [0.5, 0.6) is 0 Å². The minimum absolute atomic E-state index is 0.131. The number of nitrogens with zero attached hydrogens (tertiary/aromatic N) is 2. The summed E-state index contributed by atoms with van der Waals surface area (Å²) in [4.78, 5) is 39.2. The normalized spacial score (nSPS) is 15.2. The number of alkyl halides is 3. The first kappa shape index (κ1) is 25.8. The molecule has 0 radical (unpaired) electrons. The van der Waals surface area contributed by atoms with Crippen molar-refractivity contribution in [3.8, 4) is 5.69 Å². The minimum atomic E-state index is -4.63. The minimum Gasteiger partial charge on any atom is -0.465 e. The third kappa shape index (κ3) is 4.77. The van der Waals surface area contributed by atoms with Gasteiger partial charge in [0.25, 0.3) is 11.8 Å². The second kappa shape index (κ2) is 9.66. The quantitative estimate of drug-likeness (QED) is 0.230. The number of methoxy groups -OCH3 is 1. The SMILES string of the molecule is COC(=O)c1ccccc1-n1c(C)cc(/C=C2\C(=O)NC(=S)N(c3cccc(C(F)(F)F)c3)C2=O)c1C. The molecule has 3 aromatic rings. The van der Waals surface area contributed by atoms with Crippen LogP contribution in [0.15, 0.2) is 60.2 Å². The van der Waals surface area contributed by atoms with E-state index in [-0.39, 0.29) is 16.4 Å². The first-order valence-electron chi connectivity index (χ1n) is 10.9. The van der Waals surface area contributed by atoms with Gasteiger partial charge in [0.15, 0.2) is 5.11 Å². The largest absolute Gasteiger partial charge is 0.465 e. The number of thiocarbonyl (C=S) groups is 1. The smallest absolute Gasteiger partial charge is 0.416 e. The van der Waals surface area contributed by atoms with E-state index < -0.39 is 29.5 Å². The maximum absolute atomic E-state index is 13.3. The van der Waals surface area contributed by atoms with Crippen molar-refractivity contribution in [1.82, 2.24) is 9.88 Å². The maximum Gasteiger partial charge on any atom is 0.416 e. The molecule has 190 valence electrons. The molecule has 2 amide bonds. The predicted molar refractivity (Wildman–Crippen MR) is 134 cm³/mol. The van der Waals surface area contributed by atoms with E-state index in [1.54, 1.807) is 48.7 Å². The van der Waals surface area contributed by atoms with Gasteiger partial charge < -0.3 is 9.30 Å². The van der Waals surface area contributed by atoms with Gasteiger partial charge in [-0.3, -0.25) is 19.8 Å². The molecule has 4 rings (SSSR count). The highest BCUT2D eigenvalue weighted by atomic mass is 32.1. The number of hydrogen-bond donors (Lipinski definition) is 1. The van der Waals surface area contributed by atoms with Crippen LogP contribution in [0.2, 0.25) is 0 Å². The average Bonchev–Trinajstić information content (AvgIpc) is 3.13. The third-order valence-corrected chi connectivity index (χ3v) is 6.14. The van der Waals surface area contributed by atoms with E-state index in [1.807, 2.05) is 0 Å². The Hall–Kier alpha value is -4.25. The Balaban J connectivity index is 1.78. The molecule has 1 aliphatic heterocycles. The summed E-state index contributed by atoms with van der Waals surface area (Å²) < 4.78 is 46.4. The summed E-state index contributed by atoms with van der Waals surface area (Å²) in [5.41, 5.74) is 1.26. The summed E-state index contributed by atoms with van der Waals surface area (Å²) in [6.45, 7) is 3.53. The van der Waals surface area contributed by atoms with Crippen LogP contribution >= 0.6 is 12.2 Å². The molecular formula is C26H20F3N3O4S. The van der Waals surface area contributed by atoms with Crippen LogP contribution < -0.4 is 10.2 Å². The van der Waals surface area contributed by atoms with Crippen molar-refractivity contribution < 1.29 is 32.3 Å². The van der Waals surface area contributed by atoms with Gasteiger partial charge in [-0.25, -0.2) is 4.79 Å². The van der Waals surface area contributed by atoms with Crippen molar-refractivity contribution in [3.63, 3.8) is 0 Å². The number of ether oxygens (including phenoxy) is 1. The lowest BCUT2D eigenvalue weighted by molar-refractivity contribution is -0.137. The Morgan fingerprint density at radius 2 is 1.76 bits per heavy atom. The summed E-state index contributed by atoms with van der Waals surface area (Å²) in [5, 5.41) is 2.04. The Kier molecular flexibility index (Phi) is 6.74. The summed E-state index contributed by atoms with van der Waals surface area (Å²) in [6, 6.07) is 12.6. The Bertz CT molecular complexity index is 1490. The highest BCUT2D eigenvalue weighted by Gasteiger charge is 2.37. The number of hydrogen-bond acceptors (Lipinski definition) is 5. The average molecular weight is 528 g/mol. The van der Waals surface area contributed by atoms with Gasteiger partial charge in [0, 0.05) is 11.4 Å². The topological polar surface area (TPSA) is 80.6 Å². The van der Waals surface area contributed by atoms with Gasteiger partial charge in [-0.05, 0) is 74.1 Å². The summed E-state index contributed by atoms with van der Waals surface area (Å²) in [6.07, 6.45) is -3.28. The number of esters is 1. The number of carbonyl (C=O) groups excluding carboxylic acids is 3. The van der Waals surface area contributed by atoms with Crippen LogP contribution in [0.4, 0.5) is 18.9 Å². The lowest BCUT2D eigenvalue weighted by atomic mass is 10.1. The van der Waals surface area contributed by atoms with E-state index in [9.17, 15) is 27.6 Å². The predicted octanol–water partition coefficient (Wildman–Crippen LogP) is 4.73. The molecule has 0 bridgehead atoms. The van der Waals surface area contributed by atoms with Gasteiger partial charge in [-0.15, -0.1) is 0 Å². The molecule has 1 saturated heterocycles. The van der Waals surface area contributed by atoms with Crippen molar-refractivity contribution >= 4 is 46.9 Å². The molecule has 1 aromatic heterocycles. The maximum atomic E-state index is 13.3. The first-order chi connectivity index (χ1) is 17.4. The van der Waals surface area contributed by atoms with Gasteiger partial charge in [-0.2, -0.15) is 13.2 Å². The van der Waals surface area contributed by atoms with Crippen molar-refractivity contribution in [2.24, 2.45) is 0 Å². The Labute approximate surface area is 215 Å². The molecule has 0 spiro atoms. The second-order valence-corrected chi connectivity index (χ2v) is 8.56. The number of aryl methyl sites for hydroxylation is 1. The fourth-order valence-electron chi connectivity index (χ4n) is 4.12. The van der Waals surface area contributed by atoms with E-state index in [0.29, 0.717) is 28.2 Å². The fourth-order valence-corrected chi connectivity index (χ4v) is 4.41. The van der Waals surface area contributed by atoms with E-state index in [4.69, 9.17) is 17.0 Å². The highest BCUT2D eigenvalue weighted by Crippen LogP contribution is 2.33. The van der Waals surface area contributed by atoms with Crippen molar-refractivity contribution in [2.45, 2.75) is 20.0 Å². The molecule has 11 heteroatoms. The number of benzene rings is 2. The number of nitrogens with one attached hydrogen (secondary N) is 1. The lowest BCUT2D eigenvalue weighted by Crippen LogP contribution is -2.54. The van der Waals surface area contributed by atoms with Crippen LogP contribution in [0, 0.1) is 13.8 Å². The number of para-hydroxylation sites is 1. The number of amides is 2. The van der Waals surface area contributed by atoms with Crippen LogP contribution in [0.1, 0.15) is 32.9 Å². The number of carbonyl (C=O) groups is 3. The van der Waals surface area contributed by atoms with Crippen LogP contribution in [-0.2, 0) is 20.5 Å². The molecule has 2 heterocycles. The Morgan fingerprint density at radius 3 is 2.43 bits per heavy atom. The molecular weight excluding hydrogens is 507 g/mol. The van der Waals surface area contributed by atoms with Gasteiger partial charge >= 0.3 is 12.1 Å². The first-order valence-corrected chi connectivity index (χ1v) is 11.3. The molecule has 7 nitrogen and oxygen atoms in total. The van der Waals surface area contributed by atoms with Gasteiger partial charge in [-0.1, -0.05) is 18.2 Å². The molecule has 37 heavy (non-hydrogen) atoms. The molecule has 2 aromatic carbocycles. The summed E-state index contributed by atoms with van der Waals surface area (Å²) in [5.74, 6) is -2.18. The van der Waals surface area contributed by atoms with E-state index in [1.165, 1.54) is 19.3 Å². The summed E-state index contributed by atoms with van der Waals surface area (Å²) >= 11 is 5.10. The number of rotatable bonds is 4. The van der Waals surface area contributed by atoms with E-state index >= 15 is 0 Å². The second-order valence-electron chi connectivity index (χ2n) is 8.18. The highest BCUT2D eigenvalue weighted by molar-refractivity contribution is 7.80. The zero-order chi connectivity index (χ0) is 27.1. The third-order valence-electron chi connectivity index (χ3n) is 5.85. The lowest BCUT2D eigenvalue weighted by Gasteiger charge is -2.29. The monoisotopic (exact) mass is 527 g/mol. The van der Waals surface area contributed by atoms with E-state index in [2.05, 4.69) is 5.32 Å². The number of anilines is 1. The van der Waals surface area contributed by atoms with Crippen molar-refractivity contribution in [2.75, 3.05) is 12.0 Å². The van der Waals surface area contributed by atoms with Crippen LogP contribution in [0.3, 0.4) is 0 Å². The zero-order valence-electron chi connectivity index (χ0n) is 19.8. The van der Waals surface area contributed by atoms with Gasteiger partial charge in [0.1, 0.15) is 5.57 Å². The summed E-state index contributed by atoms with van der Waals surface area (Å²) in [7, 11) is 1.28. The van der Waals surface area contributed by atoms with Crippen molar-refractivity contribution in [3.05, 3.63) is 88.2 Å². The Morgan fingerprint density at radius 1 is 1.05 bits per heavy atom.